The fourth-order valence-electron chi connectivity index (χ4n) is 1.62. The van der Waals surface area contributed by atoms with Crippen molar-refractivity contribution in [2.45, 2.75) is 19.3 Å². The van der Waals surface area contributed by atoms with Crippen molar-refractivity contribution in [1.82, 2.24) is 10.1 Å². The normalized spacial score (nSPS) is 10.6. The first-order chi connectivity index (χ1) is 8.83. The molecule has 0 aliphatic rings. The molecular formula is C13H16N2O3. The van der Waals surface area contributed by atoms with Gasteiger partial charge in [-0.15, -0.1) is 0 Å². The number of hydrogen-bond donors (Lipinski definition) is 1. The molecule has 0 spiro atoms. The van der Waals surface area contributed by atoms with Crippen LogP contribution in [-0.2, 0) is 6.42 Å². The van der Waals surface area contributed by atoms with E-state index in [0.29, 0.717) is 18.1 Å². The SMILES string of the molecule is COc1cccc(-c2noc(CCCCO)n2)c1. The van der Waals surface area contributed by atoms with Crippen LogP contribution in [0.4, 0.5) is 0 Å². The van der Waals surface area contributed by atoms with Gasteiger partial charge in [0.15, 0.2) is 0 Å². The number of hydrogen-bond acceptors (Lipinski definition) is 5. The molecule has 18 heavy (non-hydrogen) atoms. The summed E-state index contributed by atoms with van der Waals surface area (Å²) >= 11 is 0. The van der Waals surface area contributed by atoms with Crippen molar-refractivity contribution >= 4 is 0 Å². The quantitative estimate of drug-likeness (QED) is 0.792. The topological polar surface area (TPSA) is 68.4 Å². The predicted molar refractivity (Wildman–Crippen MR) is 66.3 cm³/mol. The third kappa shape index (κ3) is 3.07. The smallest absolute Gasteiger partial charge is 0.226 e. The van der Waals surface area contributed by atoms with Crippen molar-refractivity contribution in [3.8, 4) is 17.1 Å². The number of aliphatic hydroxyl groups is 1. The Morgan fingerprint density at radius 3 is 3.00 bits per heavy atom. The largest absolute Gasteiger partial charge is 0.497 e. The third-order valence-corrected chi connectivity index (χ3v) is 2.59. The average Bonchev–Trinajstić information content (AvgIpc) is 2.88. The number of unbranched alkanes of at least 4 members (excludes halogenated alkanes) is 1. The van der Waals surface area contributed by atoms with Gasteiger partial charge in [0, 0.05) is 18.6 Å². The summed E-state index contributed by atoms with van der Waals surface area (Å²) in [4.78, 5) is 4.31. The van der Waals surface area contributed by atoms with E-state index < -0.39 is 0 Å². The maximum absolute atomic E-state index is 8.70. The van der Waals surface area contributed by atoms with E-state index in [2.05, 4.69) is 10.1 Å². The second-order valence-corrected chi connectivity index (χ2v) is 3.92. The monoisotopic (exact) mass is 248 g/mol. The molecule has 0 unspecified atom stereocenters. The molecule has 0 radical (unpaired) electrons. The van der Waals surface area contributed by atoms with Crippen LogP contribution >= 0.6 is 0 Å². The van der Waals surface area contributed by atoms with Crippen molar-refractivity contribution in [1.29, 1.82) is 0 Å². The lowest BCUT2D eigenvalue weighted by molar-refractivity contribution is 0.281. The standard InChI is InChI=1S/C13H16N2O3/c1-17-11-6-4-5-10(9-11)13-14-12(18-15-13)7-2-3-8-16/h4-6,9,16H,2-3,7-8H2,1H3. The van der Waals surface area contributed by atoms with Gasteiger partial charge in [-0.05, 0) is 25.0 Å². The summed E-state index contributed by atoms with van der Waals surface area (Å²) in [5.41, 5.74) is 0.867. The summed E-state index contributed by atoms with van der Waals surface area (Å²) in [6.45, 7) is 0.191. The lowest BCUT2D eigenvalue weighted by Crippen LogP contribution is -1.89. The Morgan fingerprint density at radius 2 is 2.22 bits per heavy atom. The van der Waals surface area contributed by atoms with Gasteiger partial charge in [0.1, 0.15) is 5.75 Å². The van der Waals surface area contributed by atoms with Crippen LogP contribution in [0, 0.1) is 0 Å². The molecule has 0 bridgehead atoms. The van der Waals surface area contributed by atoms with Crippen LogP contribution in [0.15, 0.2) is 28.8 Å². The molecule has 2 rings (SSSR count). The summed E-state index contributed by atoms with van der Waals surface area (Å²) in [7, 11) is 1.62. The highest BCUT2D eigenvalue weighted by molar-refractivity contribution is 5.56. The summed E-state index contributed by atoms with van der Waals surface area (Å²) in [6.07, 6.45) is 2.28. The molecule has 5 nitrogen and oxygen atoms in total. The summed E-state index contributed by atoms with van der Waals surface area (Å²) < 4.78 is 10.3. The number of benzene rings is 1. The van der Waals surface area contributed by atoms with Crippen LogP contribution in [0.25, 0.3) is 11.4 Å². The highest BCUT2D eigenvalue weighted by Gasteiger charge is 2.08. The van der Waals surface area contributed by atoms with E-state index in [9.17, 15) is 0 Å². The van der Waals surface area contributed by atoms with E-state index in [0.717, 1.165) is 24.2 Å². The number of aliphatic hydroxyl groups excluding tert-OH is 1. The Labute approximate surface area is 105 Å². The highest BCUT2D eigenvalue weighted by Crippen LogP contribution is 2.21. The first kappa shape index (κ1) is 12.6. The van der Waals surface area contributed by atoms with E-state index >= 15 is 0 Å². The van der Waals surface area contributed by atoms with Gasteiger partial charge in [0.2, 0.25) is 11.7 Å². The van der Waals surface area contributed by atoms with Gasteiger partial charge in [-0.2, -0.15) is 4.98 Å². The zero-order valence-corrected chi connectivity index (χ0v) is 10.3. The minimum atomic E-state index is 0.191. The number of aryl methyl sites for hydroxylation is 1. The van der Waals surface area contributed by atoms with E-state index in [1.165, 1.54) is 0 Å². The Balaban J connectivity index is 2.08. The molecule has 0 aliphatic heterocycles. The molecule has 96 valence electrons. The van der Waals surface area contributed by atoms with Crippen LogP contribution in [0.5, 0.6) is 5.75 Å². The minimum Gasteiger partial charge on any atom is -0.497 e. The fourth-order valence-corrected chi connectivity index (χ4v) is 1.62. The van der Waals surface area contributed by atoms with Gasteiger partial charge in [0.05, 0.1) is 7.11 Å². The minimum absolute atomic E-state index is 0.191. The Bertz CT molecular complexity index is 496. The number of methoxy groups -OCH3 is 1. The van der Waals surface area contributed by atoms with Gasteiger partial charge in [-0.1, -0.05) is 17.3 Å². The van der Waals surface area contributed by atoms with Crippen molar-refractivity contribution in [2.75, 3.05) is 13.7 Å². The van der Waals surface area contributed by atoms with E-state index in [1.807, 2.05) is 24.3 Å². The maximum atomic E-state index is 8.70. The predicted octanol–water partition coefficient (Wildman–Crippen LogP) is 2.06. The highest BCUT2D eigenvalue weighted by atomic mass is 16.5. The average molecular weight is 248 g/mol. The van der Waals surface area contributed by atoms with Crippen molar-refractivity contribution in [3.63, 3.8) is 0 Å². The zero-order valence-electron chi connectivity index (χ0n) is 10.3. The van der Waals surface area contributed by atoms with E-state index in [1.54, 1.807) is 7.11 Å². The van der Waals surface area contributed by atoms with Crippen molar-refractivity contribution in [3.05, 3.63) is 30.2 Å². The molecule has 0 atom stereocenters. The first-order valence-electron chi connectivity index (χ1n) is 5.91. The molecule has 0 amide bonds. The third-order valence-electron chi connectivity index (χ3n) is 2.59. The summed E-state index contributed by atoms with van der Waals surface area (Å²) in [5.74, 6) is 1.92. The Kier molecular flexibility index (Phi) is 4.30. The molecule has 0 saturated heterocycles. The lowest BCUT2D eigenvalue weighted by Gasteiger charge is -1.99. The Morgan fingerprint density at radius 1 is 1.33 bits per heavy atom. The lowest BCUT2D eigenvalue weighted by atomic mass is 10.2. The number of nitrogens with zero attached hydrogens (tertiary/aromatic N) is 2. The van der Waals surface area contributed by atoms with E-state index in [4.69, 9.17) is 14.4 Å². The molecule has 2 aromatic rings. The van der Waals surface area contributed by atoms with Crippen LogP contribution in [0.2, 0.25) is 0 Å². The zero-order chi connectivity index (χ0) is 12.8. The van der Waals surface area contributed by atoms with Crippen molar-refractivity contribution in [2.24, 2.45) is 0 Å². The fraction of sp³-hybridized carbons (Fsp3) is 0.385. The second-order valence-electron chi connectivity index (χ2n) is 3.92. The van der Waals surface area contributed by atoms with Crippen LogP contribution < -0.4 is 4.74 Å². The van der Waals surface area contributed by atoms with Crippen LogP contribution in [0.3, 0.4) is 0 Å². The second kappa shape index (κ2) is 6.16. The first-order valence-corrected chi connectivity index (χ1v) is 5.91. The van der Waals surface area contributed by atoms with Crippen molar-refractivity contribution < 1.29 is 14.4 Å². The van der Waals surface area contributed by atoms with Gasteiger partial charge in [-0.3, -0.25) is 0 Å². The molecule has 5 heteroatoms. The number of ether oxygens (including phenoxy) is 1. The van der Waals surface area contributed by atoms with Gasteiger partial charge < -0.3 is 14.4 Å². The molecule has 1 heterocycles. The summed E-state index contributed by atoms with van der Waals surface area (Å²) in [6, 6.07) is 7.52. The maximum Gasteiger partial charge on any atom is 0.226 e. The van der Waals surface area contributed by atoms with E-state index in [-0.39, 0.29) is 6.61 Å². The van der Waals surface area contributed by atoms with Gasteiger partial charge in [0.25, 0.3) is 0 Å². The van der Waals surface area contributed by atoms with Crippen LogP contribution in [0.1, 0.15) is 18.7 Å². The van der Waals surface area contributed by atoms with Gasteiger partial charge >= 0.3 is 0 Å². The molecule has 1 aromatic heterocycles. The molecule has 1 N–H and O–H groups in total. The molecule has 0 aliphatic carbocycles. The number of aromatic nitrogens is 2. The molecule has 0 saturated carbocycles. The van der Waals surface area contributed by atoms with Crippen LogP contribution in [-0.4, -0.2) is 29.0 Å². The molecular weight excluding hydrogens is 232 g/mol. The molecule has 1 aromatic carbocycles. The molecule has 0 fully saturated rings. The number of rotatable bonds is 6. The van der Waals surface area contributed by atoms with Gasteiger partial charge in [-0.25, -0.2) is 0 Å². The summed E-state index contributed by atoms with van der Waals surface area (Å²) in [5, 5.41) is 12.6. The Hall–Kier alpha value is -1.88.